The molecule has 11 nitrogen and oxygen atoms in total. The van der Waals surface area contributed by atoms with E-state index in [4.69, 9.17) is 24.7 Å². The first kappa shape index (κ1) is 23.3. The summed E-state index contributed by atoms with van der Waals surface area (Å²) in [5.41, 5.74) is 2.91. The Hall–Kier alpha value is -3.02. The first-order chi connectivity index (χ1) is 14.0. The second-order valence-corrected chi connectivity index (χ2v) is 6.97. The van der Waals surface area contributed by atoms with E-state index in [1.165, 1.54) is 20.8 Å². The van der Waals surface area contributed by atoms with Gasteiger partial charge in [0.05, 0.1) is 12.3 Å². The van der Waals surface area contributed by atoms with Gasteiger partial charge in [-0.1, -0.05) is 6.92 Å². The van der Waals surface area contributed by atoms with Crippen molar-refractivity contribution in [2.75, 3.05) is 12.3 Å². The predicted molar refractivity (Wildman–Crippen MR) is 98.4 cm³/mol. The molecule has 166 valence electrons. The second kappa shape index (κ2) is 9.20. The number of nitrogen functional groups attached to an aromatic ring is 1. The minimum absolute atomic E-state index is 0.0619. The number of aromatic nitrogens is 2. The van der Waals surface area contributed by atoms with Crippen LogP contribution in [0.15, 0.2) is 11.0 Å². The number of hydrogen-bond acceptors (Lipinski definition) is 10. The molecule has 1 aromatic heterocycles. The largest absolute Gasteiger partial charge is 0.460 e. The maximum absolute atomic E-state index is 13.8. The molecule has 0 aromatic carbocycles. The Labute approximate surface area is 171 Å². The van der Waals surface area contributed by atoms with Crippen molar-refractivity contribution in [2.45, 2.75) is 64.6 Å². The van der Waals surface area contributed by atoms with Gasteiger partial charge in [0, 0.05) is 20.3 Å². The van der Waals surface area contributed by atoms with E-state index in [0.29, 0.717) is 0 Å². The Morgan fingerprint density at radius 3 is 2.60 bits per heavy atom. The third-order valence-corrected chi connectivity index (χ3v) is 4.55. The fraction of sp³-hybridized carbons (Fsp3) is 0.611. The third kappa shape index (κ3) is 5.32. The first-order valence-corrected chi connectivity index (χ1v) is 9.20. The first-order valence-electron chi connectivity index (χ1n) is 9.20. The SMILES string of the molecule is CCC(C)(OC(C)=O)C(=O)OCC1CC(OC(C)=O)C(n2cc(F)c(N)nc2=O)O1. The topological polar surface area (TPSA) is 149 Å². The Morgan fingerprint density at radius 1 is 1.37 bits per heavy atom. The lowest BCUT2D eigenvalue weighted by Crippen LogP contribution is -2.41. The lowest BCUT2D eigenvalue weighted by atomic mass is 10.0. The van der Waals surface area contributed by atoms with Gasteiger partial charge in [-0.3, -0.25) is 14.2 Å². The molecular weight excluding hydrogens is 405 g/mol. The van der Waals surface area contributed by atoms with Gasteiger partial charge in [0.15, 0.2) is 17.9 Å². The Morgan fingerprint density at radius 2 is 2.03 bits per heavy atom. The van der Waals surface area contributed by atoms with Crippen molar-refractivity contribution in [3.63, 3.8) is 0 Å². The summed E-state index contributed by atoms with van der Waals surface area (Å²) >= 11 is 0. The average molecular weight is 429 g/mol. The van der Waals surface area contributed by atoms with Crippen molar-refractivity contribution in [1.29, 1.82) is 0 Å². The second-order valence-electron chi connectivity index (χ2n) is 6.97. The molecule has 2 rings (SSSR count). The molecule has 4 atom stereocenters. The van der Waals surface area contributed by atoms with E-state index in [1.54, 1.807) is 6.92 Å². The smallest absolute Gasteiger partial charge is 0.351 e. The van der Waals surface area contributed by atoms with E-state index in [2.05, 4.69) is 4.98 Å². The number of rotatable bonds is 7. The molecule has 0 bridgehead atoms. The summed E-state index contributed by atoms with van der Waals surface area (Å²) in [4.78, 5) is 50.5. The molecule has 1 fully saturated rings. The number of carbonyl (C=O) groups is 3. The van der Waals surface area contributed by atoms with Crippen LogP contribution in [0.3, 0.4) is 0 Å². The van der Waals surface area contributed by atoms with Crippen molar-refractivity contribution in [3.05, 3.63) is 22.5 Å². The molecule has 1 aliphatic heterocycles. The zero-order chi connectivity index (χ0) is 22.6. The van der Waals surface area contributed by atoms with Crippen LogP contribution in [0, 0.1) is 5.82 Å². The van der Waals surface area contributed by atoms with Gasteiger partial charge in [0.25, 0.3) is 0 Å². The van der Waals surface area contributed by atoms with E-state index in [-0.39, 0.29) is 19.4 Å². The van der Waals surface area contributed by atoms with Gasteiger partial charge in [-0.05, 0) is 13.3 Å². The summed E-state index contributed by atoms with van der Waals surface area (Å²) in [6.45, 7) is 5.13. The average Bonchev–Trinajstić information content (AvgIpc) is 3.03. The van der Waals surface area contributed by atoms with Crippen molar-refractivity contribution >= 4 is 23.7 Å². The molecule has 0 amide bonds. The van der Waals surface area contributed by atoms with Crippen LogP contribution in [0.25, 0.3) is 0 Å². The molecule has 0 saturated carbocycles. The number of carbonyl (C=O) groups excluding carboxylic acids is 3. The standard InChI is InChI=1S/C18H24FN3O8/c1-5-18(4,30-10(3)24)16(25)27-8-11-6-13(28-9(2)23)15(29-11)22-7-12(19)14(20)21-17(22)26/h7,11,13,15H,5-6,8H2,1-4H3,(H2,20,21,26). The molecule has 2 heterocycles. The Balaban J connectivity index is 2.15. The molecule has 1 aliphatic rings. The molecule has 1 aromatic rings. The molecule has 0 radical (unpaired) electrons. The fourth-order valence-corrected chi connectivity index (χ4v) is 2.92. The Kier molecular flexibility index (Phi) is 7.13. The highest BCUT2D eigenvalue weighted by Gasteiger charge is 2.42. The number of halogens is 1. The lowest BCUT2D eigenvalue weighted by molar-refractivity contribution is -0.182. The van der Waals surface area contributed by atoms with Gasteiger partial charge in [0.1, 0.15) is 12.7 Å². The summed E-state index contributed by atoms with van der Waals surface area (Å²) in [5, 5.41) is 0. The van der Waals surface area contributed by atoms with Crippen LogP contribution in [0.2, 0.25) is 0 Å². The van der Waals surface area contributed by atoms with Crippen LogP contribution in [-0.2, 0) is 33.3 Å². The van der Waals surface area contributed by atoms with Gasteiger partial charge >= 0.3 is 23.6 Å². The molecule has 0 spiro atoms. The van der Waals surface area contributed by atoms with Crippen LogP contribution in [0.5, 0.6) is 0 Å². The van der Waals surface area contributed by atoms with Crippen molar-refractivity contribution < 1.29 is 37.7 Å². The fourth-order valence-electron chi connectivity index (χ4n) is 2.92. The molecule has 0 aliphatic carbocycles. The summed E-state index contributed by atoms with van der Waals surface area (Å²) in [5.74, 6) is -3.59. The van der Waals surface area contributed by atoms with E-state index in [1.807, 2.05) is 0 Å². The van der Waals surface area contributed by atoms with E-state index < -0.39 is 59.3 Å². The van der Waals surface area contributed by atoms with Crippen LogP contribution in [0.4, 0.5) is 10.2 Å². The number of nitrogens with zero attached hydrogens (tertiary/aromatic N) is 2. The van der Waals surface area contributed by atoms with Crippen molar-refractivity contribution in [1.82, 2.24) is 9.55 Å². The Bertz CT molecular complexity index is 889. The maximum Gasteiger partial charge on any atom is 0.351 e. The number of ether oxygens (including phenoxy) is 4. The van der Waals surface area contributed by atoms with Crippen LogP contribution >= 0.6 is 0 Å². The zero-order valence-electron chi connectivity index (χ0n) is 17.0. The molecule has 12 heteroatoms. The van der Waals surface area contributed by atoms with Crippen LogP contribution in [0.1, 0.15) is 46.8 Å². The zero-order valence-corrected chi connectivity index (χ0v) is 17.0. The highest BCUT2D eigenvalue weighted by molar-refractivity contribution is 5.82. The van der Waals surface area contributed by atoms with Crippen LogP contribution < -0.4 is 11.4 Å². The summed E-state index contributed by atoms with van der Waals surface area (Å²) in [6, 6.07) is 0. The van der Waals surface area contributed by atoms with E-state index in [9.17, 15) is 23.6 Å². The predicted octanol–water partition coefficient (Wildman–Crippen LogP) is 0.459. The lowest BCUT2D eigenvalue weighted by Gasteiger charge is -2.26. The van der Waals surface area contributed by atoms with E-state index in [0.717, 1.165) is 10.8 Å². The normalized spacial score (nSPS) is 22.8. The minimum Gasteiger partial charge on any atom is -0.460 e. The van der Waals surface area contributed by atoms with Crippen LogP contribution in [-0.4, -0.2) is 51.9 Å². The van der Waals surface area contributed by atoms with Crippen molar-refractivity contribution in [2.24, 2.45) is 0 Å². The molecule has 1 saturated heterocycles. The van der Waals surface area contributed by atoms with Gasteiger partial charge in [0.2, 0.25) is 5.60 Å². The van der Waals surface area contributed by atoms with Gasteiger partial charge in [-0.15, -0.1) is 0 Å². The maximum atomic E-state index is 13.8. The highest BCUT2D eigenvalue weighted by atomic mass is 19.1. The number of esters is 3. The third-order valence-electron chi connectivity index (χ3n) is 4.55. The van der Waals surface area contributed by atoms with Gasteiger partial charge < -0.3 is 24.7 Å². The monoisotopic (exact) mass is 429 g/mol. The quantitative estimate of drug-likeness (QED) is 0.478. The molecular formula is C18H24FN3O8. The number of hydrogen-bond donors (Lipinski definition) is 1. The van der Waals surface area contributed by atoms with Gasteiger partial charge in [-0.2, -0.15) is 4.98 Å². The number of anilines is 1. The molecule has 2 N–H and O–H groups in total. The molecule has 30 heavy (non-hydrogen) atoms. The number of nitrogens with two attached hydrogens (primary N) is 1. The van der Waals surface area contributed by atoms with E-state index >= 15 is 0 Å². The minimum atomic E-state index is -1.47. The van der Waals surface area contributed by atoms with Gasteiger partial charge in [-0.25, -0.2) is 14.0 Å². The highest BCUT2D eigenvalue weighted by Crippen LogP contribution is 2.31. The summed E-state index contributed by atoms with van der Waals surface area (Å²) < 4.78 is 35.7. The summed E-state index contributed by atoms with van der Waals surface area (Å²) in [6.07, 6.45) is -1.89. The summed E-state index contributed by atoms with van der Waals surface area (Å²) in [7, 11) is 0. The molecule has 4 unspecified atom stereocenters. The van der Waals surface area contributed by atoms with Crippen molar-refractivity contribution in [3.8, 4) is 0 Å².